The minimum absolute atomic E-state index is 0.695. The van der Waals surface area contributed by atoms with Crippen LogP contribution in [-0.2, 0) is 0 Å². The minimum Gasteiger partial charge on any atom is -0.313 e. The van der Waals surface area contributed by atoms with Crippen molar-refractivity contribution in [3.05, 3.63) is 0 Å². The monoisotopic (exact) mass is 252 g/mol. The van der Waals surface area contributed by atoms with Crippen molar-refractivity contribution in [3.63, 3.8) is 0 Å². The Morgan fingerprint density at radius 1 is 1.17 bits per heavy atom. The van der Waals surface area contributed by atoms with Crippen LogP contribution in [0.2, 0.25) is 0 Å². The summed E-state index contributed by atoms with van der Waals surface area (Å²) in [7, 11) is 0. The summed E-state index contributed by atoms with van der Waals surface area (Å²) in [5.74, 6) is 1.82. The van der Waals surface area contributed by atoms with Crippen LogP contribution in [-0.4, -0.2) is 36.6 Å². The number of fused-ring (bicyclic) bond motifs is 1. The van der Waals surface area contributed by atoms with Crippen molar-refractivity contribution in [3.8, 4) is 0 Å². The maximum Gasteiger partial charge on any atom is 0.0220 e. The van der Waals surface area contributed by atoms with Crippen LogP contribution in [0.5, 0.6) is 0 Å². The molecule has 0 aromatic rings. The molecule has 4 unspecified atom stereocenters. The Labute approximate surface area is 114 Å². The summed E-state index contributed by atoms with van der Waals surface area (Å²) in [6.45, 7) is 10.7. The lowest BCUT2D eigenvalue weighted by molar-refractivity contribution is 0.153. The second-order valence-electron chi connectivity index (χ2n) is 6.45. The zero-order chi connectivity index (χ0) is 13.0. The molecule has 0 bridgehead atoms. The van der Waals surface area contributed by atoms with Crippen LogP contribution in [0, 0.1) is 11.8 Å². The van der Waals surface area contributed by atoms with Gasteiger partial charge in [0, 0.05) is 18.6 Å². The van der Waals surface area contributed by atoms with E-state index in [9.17, 15) is 0 Å². The fourth-order valence-electron chi connectivity index (χ4n) is 3.97. The molecule has 1 saturated heterocycles. The average Bonchev–Trinajstić information content (AvgIpc) is 2.81. The van der Waals surface area contributed by atoms with E-state index in [2.05, 4.69) is 31.0 Å². The first-order valence-electron chi connectivity index (χ1n) is 8.23. The number of hydrogen-bond acceptors (Lipinski definition) is 2. The second-order valence-corrected chi connectivity index (χ2v) is 6.45. The summed E-state index contributed by atoms with van der Waals surface area (Å²) in [5.41, 5.74) is 0. The van der Waals surface area contributed by atoms with Gasteiger partial charge in [-0.1, -0.05) is 40.0 Å². The maximum atomic E-state index is 3.71. The van der Waals surface area contributed by atoms with Gasteiger partial charge in [-0.05, 0) is 44.2 Å². The van der Waals surface area contributed by atoms with Gasteiger partial charge < -0.3 is 5.32 Å². The molecule has 106 valence electrons. The van der Waals surface area contributed by atoms with Crippen LogP contribution in [0.4, 0.5) is 0 Å². The van der Waals surface area contributed by atoms with Gasteiger partial charge in [0.05, 0.1) is 0 Å². The average molecular weight is 252 g/mol. The number of likely N-dealkylation sites (tertiary alicyclic amines) is 1. The van der Waals surface area contributed by atoms with Crippen molar-refractivity contribution in [2.75, 3.05) is 19.6 Å². The lowest BCUT2D eigenvalue weighted by Crippen LogP contribution is -2.47. The molecule has 2 heteroatoms. The molecule has 2 fully saturated rings. The van der Waals surface area contributed by atoms with Crippen molar-refractivity contribution < 1.29 is 0 Å². The van der Waals surface area contributed by atoms with E-state index in [1.54, 1.807) is 0 Å². The quantitative estimate of drug-likeness (QED) is 0.780. The topological polar surface area (TPSA) is 15.3 Å². The van der Waals surface area contributed by atoms with E-state index in [1.165, 1.54) is 51.6 Å². The van der Waals surface area contributed by atoms with Crippen LogP contribution in [0.1, 0.15) is 59.3 Å². The first kappa shape index (κ1) is 14.3. The zero-order valence-electron chi connectivity index (χ0n) is 12.6. The number of likely N-dealkylation sites (N-methyl/N-ethyl adjacent to an activating group) is 1. The zero-order valence-corrected chi connectivity index (χ0v) is 12.6. The Bertz CT molecular complexity index is 241. The van der Waals surface area contributed by atoms with Crippen molar-refractivity contribution >= 4 is 0 Å². The first-order chi connectivity index (χ1) is 8.76. The molecular weight excluding hydrogens is 220 g/mol. The Balaban J connectivity index is 1.90. The number of nitrogens with one attached hydrogen (secondary N) is 1. The van der Waals surface area contributed by atoms with Crippen molar-refractivity contribution in [2.45, 2.75) is 71.4 Å². The molecule has 4 atom stereocenters. The molecule has 1 heterocycles. The van der Waals surface area contributed by atoms with Crippen LogP contribution in [0.15, 0.2) is 0 Å². The van der Waals surface area contributed by atoms with Gasteiger partial charge in [-0.25, -0.2) is 0 Å². The highest BCUT2D eigenvalue weighted by molar-refractivity contribution is 4.92. The van der Waals surface area contributed by atoms with Gasteiger partial charge in [-0.15, -0.1) is 0 Å². The van der Waals surface area contributed by atoms with Gasteiger partial charge in [-0.2, -0.15) is 0 Å². The van der Waals surface area contributed by atoms with E-state index in [-0.39, 0.29) is 0 Å². The molecular formula is C16H32N2. The van der Waals surface area contributed by atoms with Crippen LogP contribution >= 0.6 is 0 Å². The molecule has 2 nitrogen and oxygen atoms in total. The highest BCUT2D eigenvalue weighted by Crippen LogP contribution is 2.36. The fraction of sp³-hybridized carbons (Fsp3) is 1.00. The summed E-state index contributed by atoms with van der Waals surface area (Å²) in [6, 6.07) is 1.62. The maximum absolute atomic E-state index is 3.71. The highest BCUT2D eigenvalue weighted by atomic mass is 15.2. The molecule has 0 radical (unpaired) electrons. The Morgan fingerprint density at radius 2 is 1.94 bits per heavy atom. The van der Waals surface area contributed by atoms with Gasteiger partial charge in [0.1, 0.15) is 0 Å². The number of nitrogens with zero attached hydrogens (tertiary/aromatic N) is 1. The lowest BCUT2D eigenvalue weighted by atomic mass is 9.85. The first-order valence-corrected chi connectivity index (χ1v) is 8.23. The lowest BCUT2D eigenvalue weighted by Gasteiger charge is -2.35. The fourth-order valence-corrected chi connectivity index (χ4v) is 3.97. The summed E-state index contributed by atoms with van der Waals surface area (Å²) in [5, 5.41) is 3.71. The predicted molar refractivity (Wildman–Crippen MR) is 78.9 cm³/mol. The van der Waals surface area contributed by atoms with Crippen LogP contribution in [0.3, 0.4) is 0 Å². The molecule has 0 spiro atoms. The Hall–Kier alpha value is -0.0800. The SMILES string of the molecule is CCNC(CN1CCC2CCCCC21)C(C)CC. The molecule has 1 N–H and O–H groups in total. The van der Waals surface area contributed by atoms with Crippen molar-refractivity contribution in [2.24, 2.45) is 11.8 Å². The second kappa shape index (κ2) is 6.91. The van der Waals surface area contributed by atoms with E-state index < -0.39 is 0 Å². The largest absolute Gasteiger partial charge is 0.313 e. The van der Waals surface area contributed by atoms with E-state index in [0.29, 0.717) is 6.04 Å². The Morgan fingerprint density at radius 3 is 2.67 bits per heavy atom. The van der Waals surface area contributed by atoms with Crippen molar-refractivity contribution in [1.82, 2.24) is 10.2 Å². The highest BCUT2D eigenvalue weighted by Gasteiger charge is 2.36. The minimum atomic E-state index is 0.695. The molecule has 0 aromatic carbocycles. The van der Waals surface area contributed by atoms with E-state index in [4.69, 9.17) is 0 Å². The standard InChI is InChI=1S/C16H32N2/c1-4-13(3)15(17-5-2)12-18-11-10-14-8-6-7-9-16(14)18/h13-17H,4-12H2,1-3H3. The van der Waals surface area contributed by atoms with Crippen LogP contribution < -0.4 is 5.32 Å². The summed E-state index contributed by atoms with van der Waals surface area (Å²) < 4.78 is 0. The predicted octanol–water partition coefficient (Wildman–Crippen LogP) is 3.28. The summed E-state index contributed by atoms with van der Waals surface area (Å²) in [4.78, 5) is 2.81. The molecule has 1 aliphatic heterocycles. The van der Waals surface area contributed by atoms with Gasteiger partial charge in [0.25, 0.3) is 0 Å². The van der Waals surface area contributed by atoms with E-state index in [0.717, 1.165) is 24.4 Å². The third kappa shape index (κ3) is 3.27. The smallest absolute Gasteiger partial charge is 0.0220 e. The molecule has 0 aromatic heterocycles. The summed E-state index contributed by atoms with van der Waals surface area (Å²) >= 11 is 0. The van der Waals surface area contributed by atoms with Gasteiger partial charge >= 0.3 is 0 Å². The van der Waals surface area contributed by atoms with E-state index >= 15 is 0 Å². The molecule has 2 aliphatic rings. The molecule has 0 amide bonds. The third-order valence-electron chi connectivity index (χ3n) is 5.35. The van der Waals surface area contributed by atoms with Gasteiger partial charge in [0.2, 0.25) is 0 Å². The number of hydrogen-bond donors (Lipinski definition) is 1. The van der Waals surface area contributed by atoms with Crippen molar-refractivity contribution in [1.29, 1.82) is 0 Å². The van der Waals surface area contributed by atoms with Crippen LogP contribution in [0.25, 0.3) is 0 Å². The normalized spacial score (nSPS) is 32.2. The molecule has 18 heavy (non-hydrogen) atoms. The van der Waals surface area contributed by atoms with Gasteiger partial charge in [0.15, 0.2) is 0 Å². The third-order valence-corrected chi connectivity index (χ3v) is 5.35. The summed E-state index contributed by atoms with van der Waals surface area (Å²) in [6.07, 6.45) is 8.66. The molecule has 1 saturated carbocycles. The molecule has 1 aliphatic carbocycles. The van der Waals surface area contributed by atoms with Gasteiger partial charge in [-0.3, -0.25) is 4.90 Å². The Kier molecular flexibility index (Phi) is 5.50. The van der Waals surface area contributed by atoms with E-state index in [1.807, 2.05) is 0 Å². The number of rotatable bonds is 6. The molecule has 2 rings (SSSR count).